The third-order valence-corrected chi connectivity index (χ3v) is 2.65. The number of carboxylic acid groups (broad SMARTS) is 1. The van der Waals surface area contributed by atoms with E-state index in [1.807, 2.05) is 0 Å². The van der Waals surface area contributed by atoms with Crippen molar-refractivity contribution in [1.29, 1.82) is 0 Å². The van der Waals surface area contributed by atoms with E-state index in [-0.39, 0.29) is 28.8 Å². The molecule has 1 amide bonds. The first-order valence-electron chi connectivity index (χ1n) is 4.65. The van der Waals surface area contributed by atoms with Crippen LogP contribution in [0, 0.1) is 0 Å². The van der Waals surface area contributed by atoms with Crippen LogP contribution in [0.4, 0.5) is 0 Å². The zero-order chi connectivity index (χ0) is 13.0. The van der Waals surface area contributed by atoms with Gasteiger partial charge in [-0.3, -0.25) is 4.79 Å². The molecule has 1 aromatic heterocycles. The van der Waals surface area contributed by atoms with Gasteiger partial charge in [0.15, 0.2) is 6.10 Å². The van der Waals surface area contributed by atoms with Gasteiger partial charge in [-0.15, -0.1) is 0 Å². The van der Waals surface area contributed by atoms with Gasteiger partial charge >= 0.3 is 5.97 Å². The molecule has 1 aromatic rings. The first kappa shape index (κ1) is 13.8. The summed E-state index contributed by atoms with van der Waals surface area (Å²) in [6.45, 7) is 0.0283. The largest absolute Gasteiger partial charge is 0.479 e. The Kier molecular flexibility index (Phi) is 4.80. The van der Waals surface area contributed by atoms with Crippen LogP contribution in [-0.4, -0.2) is 39.7 Å². The fourth-order valence-corrected chi connectivity index (χ4v) is 1.38. The number of rotatable bonds is 5. The Morgan fingerprint density at radius 2 is 2.12 bits per heavy atom. The molecule has 17 heavy (non-hydrogen) atoms. The Hall–Kier alpha value is -1.24. The number of aliphatic carboxylic acids is 1. The highest BCUT2D eigenvalue weighted by Crippen LogP contribution is 2.21. The van der Waals surface area contributed by atoms with Crippen LogP contribution in [0.2, 0.25) is 10.2 Å². The minimum atomic E-state index is -1.49. The lowest BCUT2D eigenvalue weighted by atomic mass is 10.2. The number of H-pyrrole nitrogens is 1. The first-order valence-corrected chi connectivity index (χ1v) is 5.40. The minimum absolute atomic E-state index is 0.0283. The molecule has 0 saturated heterocycles. The average Bonchev–Trinajstić information content (AvgIpc) is 2.59. The molecule has 0 aliphatic carbocycles. The predicted octanol–water partition coefficient (Wildman–Crippen LogP) is 0.887. The van der Waals surface area contributed by atoms with E-state index in [1.165, 1.54) is 6.07 Å². The summed E-state index contributed by atoms with van der Waals surface area (Å²) in [7, 11) is 0. The van der Waals surface area contributed by atoms with Crippen LogP contribution < -0.4 is 5.32 Å². The number of carboxylic acids is 1. The third-order valence-electron chi connectivity index (χ3n) is 1.96. The summed E-state index contributed by atoms with van der Waals surface area (Å²) in [5.74, 6) is -1.80. The Morgan fingerprint density at radius 1 is 1.47 bits per heavy atom. The molecule has 6 nitrogen and oxygen atoms in total. The Bertz CT molecular complexity index is 413. The summed E-state index contributed by atoms with van der Waals surface area (Å²) < 4.78 is 0. The van der Waals surface area contributed by atoms with Crippen molar-refractivity contribution in [1.82, 2.24) is 10.3 Å². The highest BCUT2D eigenvalue weighted by Gasteiger charge is 2.14. The molecule has 0 aromatic carbocycles. The molecule has 8 heteroatoms. The number of aliphatic hydroxyl groups is 1. The smallest absolute Gasteiger partial charge is 0.332 e. The van der Waals surface area contributed by atoms with Crippen molar-refractivity contribution in [2.24, 2.45) is 0 Å². The second kappa shape index (κ2) is 5.90. The van der Waals surface area contributed by atoms with Gasteiger partial charge in [0.2, 0.25) is 0 Å². The number of carbonyl (C=O) groups excluding carboxylic acids is 1. The predicted molar refractivity (Wildman–Crippen MR) is 61.4 cm³/mol. The number of amides is 1. The van der Waals surface area contributed by atoms with E-state index in [9.17, 15) is 9.59 Å². The normalized spacial score (nSPS) is 12.2. The number of aromatic nitrogens is 1. The molecule has 1 heterocycles. The van der Waals surface area contributed by atoms with Crippen molar-refractivity contribution in [3.05, 3.63) is 21.9 Å². The summed E-state index contributed by atoms with van der Waals surface area (Å²) in [5.41, 5.74) is 0.171. The van der Waals surface area contributed by atoms with Crippen LogP contribution in [0.1, 0.15) is 16.9 Å². The fraction of sp³-hybridized carbons (Fsp3) is 0.333. The Morgan fingerprint density at radius 3 is 2.59 bits per heavy atom. The van der Waals surface area contributed by atoms with Crippen LogP contribution >= 0.6 is 23.2 Å². The molecule has 0 spiro atoms. The van der Waals surface area contributed by atoms with Gasteiger partial charge in [-0.2, -0.15) is 0 Å². The van der Waals surface area contributed by atoms with Gasteiger partial charge in [0.05, 0.1) is 5.02 Å². The number of carbonyl (C=O) groups is 2. The zero-order valence-electron chi connectivity index (χ0n) is 8.54. The third kappa shape index (κ3) is 3.92. The lowest BCUT2D eigenvalue weighted by molar-refractivity contribution is -0.146. The lowest BCUT2D eigenvalue weighted by Gasteiger charge is -2.06. The van der Waals surface area contributed by atoms with E-state index in [0.29, 0.717) is 0 Å². The van der Waals surface area contributed by atoms with Crippen molar-refractivity contribution in [2.45, 2.75) is 12.5 Å². The standard InChI is InChI=1S/C9H10Cl2N2O4/c10-4-3-5(13-7(4)11)8(15)12-2-1-6(14)9(16)17/h3,6,13-14H,1-2H2,(H,12,15)(H,16,17). The van der Waals surface area contributed by atoms with E-state index in [4.69, 9.17) is 33.4 Å². The van der Waals surface area contributed by atoms with Crippen molar-refractivity contribution in [3.63, 3.8) is 0 Å². The number of aliphatic hydroxyl groups excluding tert-OH is 1. The number of aromatic amines is 1. The monoisotopic (exact) mass is 280 g/mol. The van der Waals surface area contributed by atoms with Gasteiger partial charge in [0.1, 0.15) is 10.8 Å². The maximum atomic E-state index is 11.5. The average molecular weight is 281 g/mol. The van der Waals surface area contributed by atoms with Crippen molar-refractivity contribution >= 4 is 35.1 Å². The first-order chi connectivity index (χ1) is 7.91. The van der Waals surface area contributed by atoms with Gasteiger partial charge in [-0.1, -0.05) is 23.2 Å². The second-order valence-corrected chi connectivity index (χ2v) is 4.03. The highest BCUT2D eigenvalue weighted by atomic mass is 35.5. The van der Waals surface area contributed by atoms with Crippen molar-refractivity contribution < 1.29 is 19.8 Å². The zero-order valence-corrected chi connectivity index (χ0v) is 10.0. The maximum Gasteiger partial charge on any atom is 0.332 e. The molecule has 4 N–H and O–H groups in total. The number of nitrogens with one attached hydrogen (secondary N) is 2. The van der Waals surface area contributed by atoms with E-state index < -0.39 is 18.0 Å². The molecule has 0 bridgehead atoms. The van der Waals surface area contributed by atoms with Crippen molar-refractivity contribution in [3.8, 4) is 0 Å². The van der Waals surface area contributed by atoms with Gasteiger partial charge in [0.25, 0.3) is 5.91 Å². The molecule has 0 fully saturated rings. The van der Waals surface area contributed by atoms with Crippen molar-refractivity contribution in [2.75, 3.05) is 6.54 Å². The molecule has 1 atom stereocenters. The van der Waals surface area contributed by atoms with E-state index in [0.717, 1.165) is 0 Å². The van der Waals surface area contributed by atoms with Gasteiger partial charge in [-0.05, 0) is 6.07 Å². The molecule has 1 unspecified atom stereocenters. The van der Waals surface area contributed by atoms with E-state index >= 15 is 0 Å². The van der Waals surface area contributed by atoms with Crippen LogP contribution in [0.3, 0.4) is 0 Å². The van der Waals surface area contributed by atoms with Gasteiger partial charge < -0.3 is 20.5 Å². The summed E-state index contributed by atoms with van der Waals surface area (Å²) in [5, 5.41) is 20.2. The summed E-state index contributed by atoms with van der Waals surface area (Å²) in [6.07, 6.45) is -1.57. The second-order valence-electron chi connectivity index (χ2n) is 3.24. The number of halogens is 2. The molecule has 0 aliphatic heterocycles. The van der Waals surface area contributed by atoms with E-state index in [2.05, 4.69) is 10.3 Å². The van der Waals surface area contributed by atoms with Gasteiger partial charge in [0, 0.05) is 13.0 Å². The molecular weight excluding hydrogens is 271 g/mol. The number of hydrogen-bond acceptors (Lipinski definition) is 3. The molecule has 0 radical (unpaired) electrons. The molecule has 0 saturated carbocycles. The minimum Gasteiger partial charge on any atom is -0.479 e. The SMILES string of the molecule is O=C(NCCC(O)C(=O)O)c1cc(Cl)c(Cl)[nH]1. The highest BCUT2D eigenvalue weighted by molar-refractivity contribution is 6.41. The summed E-state index contributed by atoms with van der Waals surface area (Å²) in [4.78, 5) is 24.3. The Balaban J connectivity index is 2.43. The fourth-order valence-electron chi connectivity index (χ4n) is 1.07. The maximum absolute atomic E-state index is 11.5. The van der Waals surface area contributed by atoms with Gasteiger partial charge in [-0.25, -0.2) is 4.79 Å². The summed E-state index contributed by atoms with van der Waals surface area (Å²) in [6, 6.07) is 1.35. The van der Waals surface area contributed by atoms with Crippen LogP contribution in [0.15, 0.2) is 6.07 Å². The lowest BCUT2D eigenvalue weighted by Crippen LogP contribution is -2.30. The topological polar surface area (TPSA) is 102 Å². The van der Waals surface area contributed by atoms with Crippen LogP contribution in [0.25, 0.3) is 0 Å². The molecular formula is C9H10Cl2N2O4. The van der Waals surface area contributed by atoms with E-state index in [1.54, 1.807) is 0 Å². The quantitative estimate of drug-likeness (QED) is 0.643. The molecule has 0 aliphatic rings. The molecule has 1 rings (SSSR count). The number of hydrogen-bond donors (Lipinski definition) is 4. The van der Waals surface area contributed by atoms with Crippen LogP contribution in [-0.2, 0) is 4.79 Å². The Labute approximate surface area is 107 Å². The van der Waals surface area contributed by atoms with Crippen LogP contribution in [0.5, 0.6) is 0 Å². The summed E-state index contributed by atoms with van der Waals surface area (Å²) >= 11 is 11.3. The molecule has 94 valence electrons.